The van der Waals surface area contributed by atoms with E-state index in [1.807, 2.05) is 0 Å². The normalized spacial score (nSPS) is 12.1. The van der Waals surface area contributed by atoms with Crippen molar-refractivity contribution >= 4 is 21.3 Å². The van der Waals surface area contributed by atoms with Crippen molar-refractivity contribution in [2.45, 2.75) is 5.03 Å². The number of imidazole rings is 1. The van der Waals surface area contributed by atoms with Crippen LogP contribution >= 0.6 is 0 Å². The van der Waals surface area contributed by atoms with Crippen molar-refractivity contribution in [1.29, 1.82) is 0 Å². The van der Waals surface area contributed by atoms with Crippen molar-refractivity contribution in [3.8, 4) is 0 Å². The minimum atomic E-state index is -3.32. The van der Waals surface area contributed by atoms with Crippen molar-refractivity contribution in [3.63, 3.8) is 0 Å². The highest BCUT2D eigenvalue weighted by Crippen LogP contribution is 2.15. The number of rotatable bonds is 1. The van der Waals surface area contributed by atoms with Crippen LogP contribution in [0.15, 0.2) is 23.6 Å². The number of hydrogen-bond acceptors (Lipinski definition) is 5. The summed E-state index contributed by atoms with van der Waals surface area (Å²) in [6, 6.07) is 1.56. The first-order valence-electron chi connectivity index (χ1n) is 3.78. The van der Waals surface area contributed by atoms with Gasteiger partial charge in [-0.15, -0.1) is 0 Å². The summed E-state index contributed by atoms with van der Waals surface area (Å²) < 4.78 is 24.0. The Morgan fingerprint density at radius 1 is 1.43 bits per heavy atom. The average Bonchev–Trinajstić information content (AvgIpc) is 2.47. The zero-order valence-electron chi connectivity index (χ0n) is 7.38. The van der Waals surface area contributed by atoms with E-state index in [0.717, 1.165) is 6.26 Å². The van der Waals surface area contributed by atoms with E-state index in [9.17, 15) is 8.42 Å². The van der Waals surface area contributed by atoms with Gasteiger partial charge in [-0.2, -0.15) is 0 Å². The standard InChI is InChI=1S/C7H8N4O2S/c1-14(12,13)6-5-2-3-9-7(8)11(5)4-10-6/h2-4H,1H3,(H2,8,9). The van der Waals surface area contributed by atoms with E-state index >= 15 is 0 Å². The molecule has 0 aromatic carbocycles. The van der Waals surface area contributed by atoms with Crippen LogP contribution in [0.2, 0.25) is 0 Å². The van der Waals surface area contributed by atoms with Crippen LogP contribution in [0.3, 0.4) is 0 Å². The Balaban J connectivity index is 2.90. The molecule has 0 aliphatic rings. The monoisotopic (exact) mass is 212 g/mol. The van der Waals surface area contributed by atoms with Crippen molar-refractivity contribution in [2.75, 3.05) is 12.0 Å². The molecule has 7 heteroatoms. The average molecular weight is 212 g/mol. The minimum absolute atomic E-state index is 0.0200. The molecule has 0 aliphatic carbocycles. The van der Waals surface area contributed by atoms with Crippen LogP contribution in [0.1, 0.15) is 0 Å². The van der Waals surface area contributed by atoms with E-state index in [1.165, 1.54) is 16.9 Å². The Hall–Kier alpha value is -1.63. The molecule has 0 radical (unpaired) electrons. The summed E-state index contributed by atoms with van der Waals surface area (Å²) in [5.74, 6) is 0.213. The summed E-state index contributed by atoms with van der Waals surface area (Å²) in [6.45, 7) is 0. The van der Waals surface area contributed by atoms with Gasteiger partial charge >= 0.3 is 0 Å². The van der Waals surface area contributed by atoms with Gasteiger partial charge in [0.05, 0.1) is 5.52 Å². The van der Waals surface area contributed by atoms with Crippen LogP contribution in [0.25, 0.3) is 5.52 Å². The lowest BCUT2D eigenvalue weighted by molar-refractivity contribution is 0.600. The Morgan fingerprint density at radius 3 is 2.79 bits per heavy atom. The van der Waals surface area contributed by atoms with Crippen LogP contribution in [-0.2, 0) is 9.84 Å². The van der Waals surface area contributed by atoms with Gasteiger partial charge in [-0.1, -0.05) is 0 Å². The Kier molecular flexibility index (Phi) is 1.71. The molecule has 0 spiro atoms. The quantitative estimate of drug-likeness (QED) is 0.701. The molecule has 6 nitrogen and oxygen atoms in total. The maximum absolute atomic E-state index is 11.3. The Morgan fingerprint density at radius 2 is 2.14 bits per heavy atom. The molecule has 0 atom stereocenters. The van der Waals surface area contributed by atoms with E-state index < -0.39 is 9.84 Å². The summed E-state index contributed by atoms with van der Waals surface area (Å²) >= 11 is 0. The van der Waals surface area contributed by atoms with Gasteiger partial charge in [0.25, 0.3) is 0 Å². The molecule has 2 heterocycles. The van der Waals surface area contributed by atoms with Crippen molar-refractivity contribution < 1.29 is 8.42 Å². The molecular formula is C7H8N4O2S. The van der Waals surface area contributed by atoms with Crippen LogP contribution in [0.5, 0.6) is 0 Å². The van der Waals surface area contributed by atoms with E-state index in [2.05, 4.69) is 9.97 Å². The van der Waals surface area contributed by atoms with Gasteiger partial charge in [0.15, 0.2) is 14.9 Å². The third-order valence-electron chi connectivity index (χ3n) is 1.81. The number of sulfone groups is 1. The summed E-state index contributed by atoms with van der Waals surface area (Å²) in [5, 5.41) is 0.0200. The van der Waals surface area contributed by atoms with Crippen molar-refractivity contribution in [1.82, 2.24) is 14.4 Å². The molecule has 74 valence electrons. The molecule has 2 rings (SSSR count). The first-order chi connectivity index (χ1) is 6.50. The third kappa shape index (κ3) is 1.22. The van der Waals surface area contributed by atoms with E-state index in [0.29, 0.717) is 5.52 Å². The summed E-state index contributed by atoms with van der Waals surface area (Å²) in [5.41, 5.74) is 5.97. The summed E-state index contributed by atoms with van der Waals surface area (Å²) in [7, 11) is -3.32. The van der Waals surface area contributed by atoms with Gasteiger partial charge in [-0.05, 0) is 6.07 Å². The van der Waals surface area contributed by atoms with Crippen LogP contribution < -0.4 is 5.73 Å². The first kappa shape index (κ1) is 8.95. The molecular weight excluding hydrogens is 204 g/mol. The van der Waals surface area contributed by atoms with Crippen molar-refractivity contribution in [3.05, 3.63) is 18.6 Å². The molecule has 0 unspecified atom stereocenters. The van der Waals surface area contributed by atoms with Crippen LogP contribution in [0.4, 0.5) is 5.95 Å². The zero-order valence-corrected chi connectivity index (χ0v) is 8.19. The largest absolute Gasteiger partial charge is 0.369 e. The van der Waals surface area contributed by atoms with E-state index in [4.69, 9.17) is 5.73 Å². The number of anilines is 1. The molecule has 2 aromatic rings. The minimum Gasteiger partial charge on any atom is -0.369 e. The predicted molar refractivity (Wildman–Crippen MR) is 50.5 cm³/mol. The van der Waals surface area contributed by atoms with Crippen LogP contribution in [0, 0.1) is 0 Å². The topological polar surface area (TPSA) is 90.3 Å². The number of nitrogens with zero attached hydrogens (tertiary/aromatic N) is 3. The predicted octanol–water partition coefficient (Wildman–Crippen LogP) is -0.285. The molecule has 0 saturated carbocycles. The van der Waals surface area contributed by atoms with Gasteiger partial charge in [-0.3, -0.25) is 4.40 Å². The second-order valence-corrected chi connectivity index (χ2v) is 4.81. The number of nitrogens with two attached hydrogens (primary N) is 1. The second-order valence-electron chi connectivity index (χ2n) is 2.88. The molecule has 0 fully saturated rings. The number of hydrogen-bond donors (Lipinski definition) is 1. The van der Waals surface area contributed by atoms with Gasteiger partial charge in [-0.25, -0.2) is 18.4 Å². The molecule has 0 amide bonds. The number of aromatic nitrogens is 3. The number of nitrogen functional groups attached to an aromatic ring is 1. The SMILES string of the molecule is CS(=O)(=O)c1ncn2c(N)nccc12. The highest BCUT2D eigenvalue weighted by molar-refractivity contribution is 7.90. The van der Waals surface area contributed by atoms with Gasteiger partial charge in [0, 0.05) is 12.5 Å². The summed E-state index contributed by atoms with van der Waals surface area (Å²) in [4.78, 5) is 7.59. The smallest absolute Gasteiger partial charge is 0.206 e. The van der Waals surface area contributed by atoms with Crippen LogP contribution in [-0.4, -0.2) is 29.0 Å². The first-order valence-corrected chi connectivity index (χ1v) is 5.67. The zero-order chi connectivity index (χ0) is 10.3. The fraction of sp³-hybridized carbons (Fsp3) is 0.143. The number of fused-ring (bicyclic) bond motifs is 1. The fourth-order valence-electron chi connectivity index (χ4n) is 1.21. The lowest BCUT2D eigenvalue weighted by Gasteiger charge is -1.97. The lowest BCUT2D eigenvalue weighted by atomic mass is 10.5. The highest BCUT2D eigenvalue weighted by Gasteiger charge is 2.15. The molecule has 2 N–H and O–H groups in total. The lowest BCUT2D eigenvalue weighted by Crippen LogP contribution is -2.01. The third-order valence-corrected chi connectivity index (χ3v) is 2.82. The highest BCUT2D eigenvalue weighted by atomic mass is 32.2. The van der Waals surface area contributed by atoms with E-state index in [-0.39, 0.29) is 11.0 Å². The molecule has 14 heavy (non-hydrogen) atoms. The van der Waals surface area contributed by atoms with Gasteiger partial charge in [0.1, 0.15) is 6.33 Å². The molecule has 2 aromatic heterocycles. The Bertz CT molecular complexity index is 587. The summed E-state index contributed by atoms with van der Waals surface area (Å²) in [6.07, 6.45) is 3.89. The molecule has 0 aliphatic heterocycles. The maximum Gasteiger partial charge on any atom is 0.206 e. The fourth-order valence-corrected chi connectivity index (χ4v) is 1.99. The molecule has 0 bridgehead atoms. The van der Waals surface area contributed by atoms with Gasteiger partial charge in [0.2, 0.25) is 5.95 Å². The van der Waals surface area contributed by atoms with E-state index in [1.54, 1.807) is 6.07 Å². The second kappa shape index (κ2) is 2.68. The maximum atomic E-state index is 11.3. The molecule has 0 saturated heterocycles. The Labute approximate surface area is 80.3 Å². The van der Waals surface area contributed by atoms with Crippen molar-refractivity contribution in [2.24, 2.45) is 0 Å². The van der Waals surface area contributed by atoms with Gasteiger partial charge < -0.3 is 5.73 Å².